The van der Waals surface area contributed by atoms with Gasteiger partial charge in [-0.2, -0.15) is 4.31 Å². The fourth-order valence-corrected chi connectivity index (χ4v) is 4.52. The van der Waals surface area contributed by atoms with Crippen LogP contribution in [0.5, 0.6) is 0 Å². The summed E-state index contributed by atoms with van der Waals surface area (Å²) in [6.07, 6.45) is 4.06. The second-order valence-electron chi connectivity index (χ2n) is 6.53. The summed E-state index contributed by atoms with van der Waals surface area (Å²) in [6, 6.07) is 4.13. The molecule has 2 aromatic rings. The summed E-state index contributed by atoms with van der Waals surface area (Å²) in [5.74, 6) is -1.10. The lowest BCUT2D eigenvalue weighted by Crippen LogP contribution is -2.43. The van der Waals surface area contributed by atoms with E-state index in [-0.39, 0.29) is 23.3 Å². The number of aromatic nitrogens is 2. The largest absolute Gasteiger partial charge is 0.339 e. The van der Waals surface area contributed by atoms with Crippen LogP contribution in [0.4, 0.5) is 10.1 Å². The van der Waals surface area contributed by atoms with Crippen molar-refractivity contribution in [2.75, 3.05) is 18.4 Å². The number of nitrogens with one attached hydrogen (secondary N) is 1. The van der Waals surface area contributed by atoms with Gasteiger partial charge in [-0.1, -0.05) is 0 Å². The molecule has 1 amide bonds. The maximum Gasteiger partial charge on any atom is 0.262 e. The average Bonchev–Trinajstić information content (AvgIpc) is 3.05. The number of carbonyl (C=O) groups is 1. The Bertz CT molecular complexity index is 926. The summed E-state index contributed by atoms with van der Waals surface area (Å²) in [7, 11) is -2.02. The number of benzene rings is 1. The van der Waals surface area contributed by atoms with E-state index in [1.165, 1.54) is 35.0 Å². The minimum Gasteiger partial charge on any atom is -0.339 e. The average molecular weight is 380 g/mol. The molecule has 0 saturated carbocycles. The Kier molecular flexibility index (Phi) is 5.10. The van der Waals surface area contributed by atoms with Crippen molar-refractivity contribution >= 4 is 21.6 Å². The quantitative estimate of drug-likeness (QED) is 0.878. The van der Waals surface area contributed by atoms with Gasteiger partial charge in [0, 0.05) is 32.0 Å². The van der Waals surface area contributed by atoms with Crippen molar-refractivity contribution in [3.8, 4) is 0 Å². The van der Waals surface area contributed by atoms with E-state index in [9.17, 15) is 17.6 Å². The Balaban J connectivity index is 1.72. The number of rotatable bonds is 4. The van der Waals surface area contributed by atoms with Crippen LogP contribution in [0.2, 0.25) is 0 Å². The fraction of sp³-hybridized carbons (Fsp3) is 0.412. The van der Waals surface area contributed by atoms with Crippen LogP contribution >= 0.6 is 0 Å². The first kappa shape index (κ1) is 18.5. The molecular weight excluding hydrogens is 359 g/mol. The molecule has 26 heavy (non-hydrogen) atoms. The van der Waals surface area contributed by atoms with E-state index in [0.717, 1.165) is 0 Å². The van der Waals surface area contributed by atoms with Gasteiger partial charge in [-0.15, -0.1) is 0 Å². The molecule has 1 N–H and O–H groups in total. The number of hydrogen-bond donors (Lipinski definition) is 1. The lowest BCUT2D eigenvalue weighted by molar-refractivity contribution is -0.120. The molecule has 1 atom stereocenters. The zero-order chi connectivity index (χ0) is 18.9. The maximum atomic E-state index is 13.2. The molecule has 3 rings (SSSR count). The third-order valence-electron chi connectivity index (χ3n) is 4.49. The first-order valence-corrected chi connectivity index (χ1v) is 9.76. The molecule has 1 saturated heterocycles. The molecule has 1 aliphatic heterocycles. The van der Waals surface area contributed by atoms with E-state index >= 15 is 0 Å². The fourth-order valence-electron chi connectivity index (χ4n) is 3.03. The molecule has 1 fully saturated rings. The van der Waals surface area contributed by atoms with Crippen LogP contribution in [-0.4, -0.2) is 41.3 Å². The zero-order valence-corrected chi connectivity index (χ0v) is 15.5. The molecule has 2 heterocycles. The normalized spacial score (nSPS) is 18.7. The van der Waals surface area contributed by atoms with Gasteiger partial charge in [0.15, 0.2) is 5.03 Å². The molecule has 1 aromatic heterocycles. The zero-order valence-electron chi connectivity index (χ0n) is 14.6. The van der Waals surface area contributed by atoms with Crippen molar-refractivity contribution in [3.05, 3.63) is 42.1 Å². The molecule has 0 radical (unpaired) electrons. The summed E-state index contributed by atoms with van der Waals surface area (Å²) >= 11 is 0. The summed E-state index contributed by atoms with van der Waals surface area (Å²) in [6.45, 7) is 2.17. The van der Waals surface area contributed by atoms with Crippen LogP contribution in [0.3, 0.4) is 0 Å². The van der Waals surface area contributed by atoms with Crippen LogP contribution in [-0.2, 0) is 21.9 Å². The number of nitrogens with zero attached hydrogens (tertiary/aromatic N) is 3. The number of hydrogen-bond acceptors (Lipinski definition) is 4. The number of sulfonamides is 1. The van der Waals surface area contributed by atoms with Crippen molar-refractivity contribution < 1.29 is 17.6 Å². The van der Waals surface area contributed by atoms with Gasteiger partial charge in [-0.25, -0.2) is 17.8 Å². The van der Waals surface area contributed by atoms with Crippen LogP contribution in [0.25, 0.3) is 0 Å². The molecule has 0 aliphatic carbocycles. The number of aryl methyl sites for hydroxylation is 2. The minimum atomic E-state index is -3.72. The highest BCUT2D eigenvalue weighted by Crippen LogP contribution is 2.25. The molecule has 1 aliphatic rings. The standard InChI is InChI=1S/C17H21FN4O3S/c1-12-8-14(18)5-6-15(12)20-17(23)13-4-3-7-22(9-13)26(24,25)16-10-21(2)11-19-16/h5-6,8,10-11,13H,3-4,7,9H2,1-2H3,(H,20,23)/t13-/m0/s1. The predicted molar refractivity (Wildman–Crippen MR) is 94.5 cm³/mol. The first-order chi connectivity index (χ1) is 12.3. The van der Waals surface area contributed by atoms with Crippen molar-refractivity contribution in [3.63, 3.8) is 0 Å². The van der Waals surface area contributed by atoms with Crippen LogP contribution < -0.4 is 5.32 Å². The van der Waals surface area contributed by atoms with Crippen molar-refractivity contribution in [1.29, 1.82) is 0 Å². The van der Waals surface area contributed by atoms with Crippen LogP contribution in [0, 0.1) is 18.7 Å². The van der Waals surface area contributed by atoms with Crippen LogP contribution in [0.15, 0.2) is 35.7 Å². The Morgan fingerprint density at radius 3 is 2.81 bits per heavy atom. The van der Waals surface area contributed by atoms with Crippen molar-refractivity contribution in [2.24, 2.45) is 13.0 Å². The first-order valence-electron chi connectivity index (χ1n) is 8.32. The molecule has 0 bridgehead atoms. The Hall–Kier alpha value is -2.26. The van der Waals surface area contributed by atoms with Crippen molar-refractivity contribution in [2.45, 2.75) is 24.8 Å². The molecule has 1 aromatic carbocycles. The van der Waals surface area contributed by atoms with Gasteiger partial charge in [0.05, 0.1) is 12.2 Å². The molecule has 9 heteroatoms. The van der Waals surface area contributed by atoms with Gasteiger partial charge in [-0.3, -0.25) is 4.79 Å². The third kappa shape index (κ3) is 3.78. The third-order valence-corrected chi connectivity index (χ3v) is 6.24. The maximum absolute atomic E-state index is 13.2. The van der Waals surface area contributed by atoms with E-state index in [2.05, 4.69) is 10.3 Å². The lowest BCUT2D eigenvalue weighted by Gasteiger charge is -2.30. The molecule has 0 unspecified atom stereocenters. The second-order valence-corrected chi connectivity index (χ2v) is 8.41. The predicted octanol–water partition coefficient (Wildman–Crippen LogP) is 1.91. The van der Waals surface area contributed by atoms with E-state index in [1.807, 2.05) is 0 Å². The van der Waals surface area contributed by atoms with Gasteiger partial charge in [0.25, 0.3) is 10.0 Å². The Labute approximate surface area is 151 Å². The molecule has 0 spiro atoms. The highest BCUT2D eigenvalue weighted by molar-refractivity contribution is 7.89. The van der Waals surface area contributed by atoms with E-state index in [4.69, 9.17) is 0 Å². The number of amides is 1. The summed E-state index contributed by atoms with van der Waals surface area (Å²) in [5, 5.41) is 2.76. The summed E-state index contributed by atoms with van der Waals surface area (Å²) in [5.41, 5.74) is 1.15. The molecule has 7 nitrogen and oxygen atoms in total. The second kappa shape index (κ2) is 7.16. The number of piperidine rings is 1. The van der Waals surface area contributed by atoms with Gasteiger partial charge in [0.2, 0.25) is 5.91 Å². The summed E-state index contributed by atoms with van der Waals surface area (Å²) in [4.78, 5) is 16.5. The highest BCUT2D eigenvalue weighted by atomic mass is 32.2. The van der Waals surface area contributed by atoms with E-state index in [0.29, 0.717) is 30.6 Å². The van der Waals surface area contributed by atoms with Crippen molar-refractivity contribution in [1.82, 2.24) is 13.9 Å². The highest BCUT2D eigenvalue weighted by Gasteiger charge is 2.34. The van der Waals surface area contributed by atoms with Gasteiger partial charge in [-0.05, 0) is 43.5 Å². The number of halogens is 1. The number of anilines is 1. The SMILES string of the molecule is Cc1cc(F)ccc1NC(=O)[C@H]1CCCN(S(=O)(=O)c2cn(C)cn2)C1. The van der Waals surface area contributed by atoms with E-state index in [1.54, 1.807) is 18.5 Å². The topological polar surface area (TPSA) is 84.3 Å². The number of carbonyl (C=O) groups excluding carboxylic acids is 1. The monoisotopic (exact) mass is 380 g/mol. The van der Waals surface area contributed by atoms with Crippen LogP contribution in [0.1, 0.15) is 18.4 Å². The minimum absolute atomic E-state index is 0.0181. The van der Waals surface area contributed by atoms with Gasteiger partial charge < -0.3 is 9.88 Å². The lowest BCUT2D eigenvalue weighted by atomic mass is 9.98. The number of imidazole rings is 1. The molecule has 140 valence electrons. The smallest absolute Gasteiger partial charge is 0.262 e. The van der Waals surface area contributed by atoms with Gasteiger partial charge in [0.1, 0.15) is 5.82 Å². The molecular formula is C17H21FN4O3S. The van der Waals surface area contributed by atoms with E-state index < -0.39 is 15.9 Å². The van der Waals surface area contributed by atoms with Gasteiger partial charge >= 0.3 is 0 Å². The Morgan fingerprint density at radius 2 is 2.15 bits per heavy atom. The summed E-state index contributed by atoms with van der Waals surface area (Å²) < 4.78 is 41.5. The Morgan fingerprint density at radius 1 is 1.38 bits per heavy atom.